The standard InChI is InChI=1S/C26H13ClF6N4O3/c27-18-2-1-13(28)6-16(18)22-21-17(24(39)37-22)7-15(40-25-19(30)9-34-10-35-25)8-20(21)36-23(38)11-3-12(26(31,32)33)5-14(29)4-11/h1-10,22H,(H,36,38)(H,37,39). The average Bonchev–Trinajstić information content (AvgIpc) is 3.22. The Morgan fingerprint density at radius 2 is 1.80 bits per heavy atom. The molecular weight excluding hydrogens is 566 g/mol. The van der Waals surface area contributed by atoms with Crippen LogP contribution in [0.4, 0.5) is 32.0 Å². The van der Waals surface area contributed by atoms with E-state index < -0.39 is 58.5 Å². The van der Waals surface area contributed by atoms with Crippen LogP contribution >= 0.6 is 11.6 Å². The summed E-state index contributed by atoms with van der Waals surface area (Å²) in [7, 11) is 0. The quantitative estimate of drug-likeness (QED) is 0.266. The van der Waals surface area contributed by atoms with Gasteiger partial charge in [0, 0.05) is 27.8 Å². The van der Waals surface area contributed by atoms with E-state index in [0.29, 0.717) is 12.1 Å². The minimum absolute atomic E-state index is 0.0498. The molecule has 3 aromatic carbocycles. The summed E-state index contributed by atoms with van der Waals surface area (Å²) in [4.78, 5) is 33.1. The summed E-state index contributed by atoms with van der Waals surface area (Å²) in [5.74, 6) is -5.59. The molecule has 2 N–H and O–H groups in total. The molecule has 1 aromatic heterocycles. The zero-order chi connectivity index (χ0) is 28.8. The number of halogens is 7. The van der Waals surface area contributed by atoms with E-state index in [1.165, 1.54) is 12.1 Å². The number of ether oxygens (including phenoxy) is 1. The van der Waals surface area contributed by atoms with Crippen LogP contribution < -0.4 is 15.4 Å². The monoisotopic (exact) mass is 578 g/mol. The molecule has 0 bridgehead atoms. The first-order valence-corrected chi connectivity index (χ1v) is 11.5. The third kappa shape index (κ3) is 5.27. The van der Waals surface area contributed by atoms with Crippen molar-refractivity contribution in [3.05, 3.63) is 111 Å². The number of aromatic nitrogens is 2. The molecule has 14 heteroatoms. The maximum atomic E-state index is 14.1. The molecule has 204 valence electrons. The summed E-state index contributed by atoms with van der Waals surface area (Å²) in [6.07, 6.45) is -3.14. The smallest absolute Gasteiger partial charge is 0.416 e. The topological polar surface area (TPSA) is 93.2 Å². The molecule has 0 spiro atoms. The van der Waals surface area contributed by atoms with E-state index in [1.807, 2.05) is 0 Å². The molecule has 5 rings (SSSR count). The van der Waals surface area contributed by atoms with Crippen LogP contribution in [0, 0.1) is 17.5 Å². The Morgan fingerprint density at radius 1 is 1.02 bits per heavy atom. The number of carbonyl (C=O) groups is 2. The van der Waals surface area contributed by atoms with Crippen molar-refractivity contribution < 1.29 is 40.7 Å². The van der Waals surface area contributed by atoms with Gasteiger partial charge in [0.2, 0.25) is 5.82 Å². The highest BCUT2D eigenvalue weighted by atomic mass is 35.5. The highest BCUT2D eigenvalue weighted by Gasteiger charge is 2.36. The number of alkyl halides is 3. The molecule has 0 radical (unpaired) electrons. The second-order valence-corrected chi connectivity index (χ2v) is 8.87. The fourth-order valence-electron chi connectivity index (χ4n) is 4.11. The summed E-state index contributed by atoms with van der Waals surface area (Å²) in [6.45, 7) is 0. The Morgan fingerprint density at radius 3 is 2.52 bits per heavy atom. The molecule has 0 saturated carbocycles. The Balaban J connectivity index is 1.63. The van der Waals surface area contributed by atoms with Crippen LogP contribution in [0.25, 0.3) is 0 Å². The first kappa shape index (κ1) is 26.9. The summed E-state index contributed by atoms with van der Waals surface area (Å²) in [5, 5.41) is 5.00. The number of nitrogens with zero attached hydrogens (tertiary/aromatic N) is 2. The molecule has 40 heavy (non-hydrogen) atoms. The second kappa shape index (κ2) is 10.2. The van der Waals surface area contributed by atoms with Crippen molar-refractivity contribution in [3.8, 4) is 11.6 Å². The van der Waals surface area contributed by atoms with E-state index in [4.69, 9.17) is 16.3 Å². The summed E-state index contributed by atoms with van der Waals surface area (Å²) in [6, 6.07) is 5.86. The summed E-state index contributed by atoms with van der Waals surface area (Å²) >= 11 is 6.24. The van der Waals surface area contributed by atoms with E-state index in [9.17, 15) is 35.9 Å². The Labute approximate surface area is 225 Å². The molecule has 0 saturated heterocycles. The van der Waals surface area contributed by atoms with Gasteiger partial charge < -0.3 is 15.4 Å². The number of fused-ring (bicyclic) bond motifs is 1. The third-order valence-corrected chi connectivity index (χ3v) is 6.16. The maximum absolute atomic E-state index is 14.1. The first-order valence-electron chi connectivity index (χ1n) is 11.2. The Bertz CT molecular complexity index is 1680. The first-order chi connectivity index (χ1) is 18.9. The number of rotatable bonds is 5. The second-order valence-electron chi connectivity index (χ2n) is 8.46. The number of nitrogens with one attached hydrogen (secondary N) is 2. The van der Waals surface area contributed by atoms with Crippen molar-refractivity contribution in [1.82, 2.24) is 15.3 Å². The van der Waals surface area contributed by atoms with Gasteiger partial charge in [0.15, 0.2) is 0 Å². The van der Waals surface area contributed by atoms with Crippen molar-refractivity contribution in [1.29, 1.82) is 0 Å². The SMILES string of the molecule is O=C(Nc1cc(Oc2ncncc2F)cc2c1C(c1cc(F)ccc1Cl)NC2=O)c1cc(F)cc(C(F)(F)F)c1. The van der Waals surface area contributed by atoms with Gasteiger partial charge in [-0.15, -0.1) is 0 Å². The molecule has 0 aliphatic carbocycles. The Kier molecular flexibility index (Phi) is 6.84. The van der Waals surface area contributed by atoms with Gasteiger partial charge in [-0.2, -0.15) is 22.5 Å². The molecule has 2 heterocycles. The van der Waals surface area contributed by atoms with E-state index >= 15 is 0 Å². The van der Waals surface area contributed by atoms with Crippen molar-refractivity contribution in [2.45, 2.75) is 12.2 Å². The number of carbonyl (C=O) groups excluding carboxylic acids is 2. The molecule has 4 aromatic rings. The largest absolute Gasteiger partial charge is 0.436 e. The predicted molar refractivity (Wildman–Crippen MR) is 129 cm³/mol. The number of benzene rings is 3. The van der Waals surface area contributed by atoms with E-state index in [0.717, 1.165) is 30.7 Å². The lowest BCUT2D eigenvalue weighted by Gasteiger charge is -2.19. The molecule has 1 unspecified atom stereocenters. The number of hydrogen-bond donors (Lipinski definition) is 2. The van der Waals surface area contributed by atoms with Crippen LogP contribution in [0.1, 0.15) is 43.4 Å². The Hall–Kier alpha value is -4.65. The normalized spacial score (nSPS) is 14.5. The van der Waals surface area contributed by atoms with Gasteiger partial charge in [0.25, 0.3) is 17.7 Å². The van der Waals surface area contributed by atoms with Crippen LogP contribution in [-0.2, 0) is 6.18 Å². The number of amides is 2. The molecular formula is C26H13ClF6N4O3. The average molecular weight is 579 g/mol. The predicted octanol–water partition coefficient (Wildman–Crippen LogP) is 6.44. The molecule has 0 fully saturated rings. The van der Waals surface area contributed by atoms with Crippen molar-refractivity contribution >= 4 is 29.1 Å². The van der Waals surface area contributed by atoms with Crippen LogP contribution in [0.3, 0.4) is 0 Å². The van der Waals surface area contributed by atoms with Gasteiger partial charge in [0.1, 0.15) is 23.7 Å². The fourth-order valence-corrected chi connectivity index (χ4v) is 4.33. The molecule has 1 atom stereocenters. The maximum Gasteiger partial charge on any atom is 0.416 e. The van der Waals surface area contributed by atoms with Gasteiger partial charge >= 0.3 is 6.18 Å². The minimum Gasteiger partial charge on any atom is -0.436 e. The minimum atomic E-state index is -4.94. The fraction of sp³-hybridized carbons (Fsp3) is 0.0769. The lowest BCUT2D eigenvalue weighted by atomic mass is 9.95. The van der Waals surface area contributed by atoms with Gasteiger partial charge in [-0.25, -0.2) is 13.8 Å². The van der Waals surface area contributed by atoms with Crippen LogP contribution in [-0.4, -0.2) is 21.8 Å². The zero-order valence-electron chi connectivity index (χ0n) is 19.6. The lowest BCUT2D eigenvalue weighted by molar-refractivity contribution is -0.137. The van der Waals surface area contributed by atoms with Gasteiger partial charge in [-0.05, 0) is 42.5 Å². The van der Waals surface area contributed by atoms with Crippen LogP contribution in [0.15, 0.2) is 61.1 Å². The highest BCUT2D eigenvalue weighted by molar-refractivity contribution is 6.31. The molecule has 2 amide bonds. The molecule has 7 nitrogen and oxygen atoms in total. The van der Waals surface area contributed by atoms with Gasteiger partial charge in [-0.3, -0.25) is 9.59 Å². The van der Waals surface area contributed by atoms with Crippen molar-refractivity contribution in [2.75, 3.05) is 5.32 Å². The number of anilines is 1. The highest BCUT2D eigenvalue weighted by Crippen LogP contribution is 2.42. The third-order valence-electron chi connectivity index (χ3n) is 5.82. The van der Waals surface area contributed by atoms with E-state index in [2.05, 4.69) is 20.6 Å². The van der Waals surface area contributed by atoms with Crippen LogP contribution in [0.5, 0.6) is 11.6 Å². The molecule has 1 aliphatic heterocycles. The van der Waals surface area contributed by atoms with Crippen LogP contribution in [0.2, 0.25) is 5.02 Å². The molecule has 1 aliphatic rings. The van der Waals surface area contributed by atoms with Gasteiger partial charge in [0.05, 0.1) is 29.1 Å². The zero-order valence-corrected chi connectivity index (χ0v) is 20.4. The summed E-state index contributed by atoms with van der Waals surface area (Å²) < 4.78 is 87.3. The summed E-state index contributed by atoms with van der Waals surface area (Å²) in [5.41, 5.74) is -2.25. The van der Waals surface area contributed by atoms with Gasteiger partial charge in [-0.1, -0.05) is 11.6 Å². The number of hydrogen-bond acceptors (Lipinski definition) is 5. The van der Waals surface area contributed by atoms with E-state index in [1.54, 1.807) is 0 Å². The van der Waals surface area contributed by atoms with Crippen molar-refractivity contribution in [2.24, 2.45) is 0 Å². The lowest BCUT2D eigenvalue weighted by Crippen LogP contribution is -2.21. The van der Waals surface area contributed by atoms with E-state index in [-0.39, 0.29) is 39.2 Å². The van der Waals surface area contributed by atoms with Crippen molar-refractivity contribution in [3.63, 3.8) is 0 Å².